The second-order valence-corrected chi connectivity index (χ2v) is 5.23. The first kappa shape index (κ1) is 9.90. The molecule has 2 heterocycles. The summed E-state index contributed by atoms with van der Waals surface area (Å²) in [6.45, 7) is 4.00. The Kier molecular flexibility index (Phi) is 1.79. The number of fused-ring (bicyclic) bond motifs is 1. The zero-order chi connectivity index (χ0) is 11.5. The number of hydrogen-bond donors (Lipinski definition) is 0. The van der Waals surface area contributed by atoms with Crippen LogP contribution >= 0.6 is 15.9 Å². The van der Waals surface area contributed by atoms with Crippen LogP contribution in [0, 0.1) is 0 Å². The third-order valence-electron chi connectivity index (χ3n) is 3.21. The van der Waals surface area contributed by atoms with Crippen molar-refractivity contribution >= 4 is 27.6 Å². The van der Waals surface area contributed by atoms with Gasteiger partial charge in [0.2, 0.25) is 0 Å². The van der Waals surface area contributed by atoms with Crippen LogP contribution < -0.4 is 4.90 Å². The van der Waals surface area contributed by atoms with Gasteiger partial charge in [0, 0.05) is 15.9 Å². The number of halogens is 1. The SMILES string of the molecule is CC1=CC2(C)N1C(=O)N2c1ccc(Br)cc1. The van der Waals surface area contributed by atoms with Gasteiger partial charge in [-0.1, -0.05) is 15.9 Å². The Morgan fingerprint density at radius 2 is 1.81 bits per heavy atom. The molecule has 4 heteroatoms. The van der Waals surface area contributed by atoms with Crippen LogP contribution in [0.15, 0.2) is 40.5 Å². The summed E-state index contributed by atoms with van der Waals surface area (Å²) in [4.78, 5) is 15.5. The van der Waals surface area contributed by atoms with E-state index in [2.05, 4.69) is 22.0 Å². The van der Waals surface area contributed by atoms with E-state index >= 15 is 0 Å². The molecule has 82 valence electrons. The summed E-state index contributed by atoms with van der Waals surface area (Å²) in [5.41, 5.74) is 1.74. The van der Waals surface area contributed by atoms with Gasteiger partial charge in [-0.2, -0.15) is 0 Å². The maximum absolute atomic E-state index is 11.9. The second-order valence-electron chi connectivity index (χ2n) is 4.31. The third-order valence-corrected chi connectivity index (χ3v) is 3.74. The number of nitrogens with zero attached hydrogens (tertiary/aromatic N) is 2. The molecule has 0 aromatic heterocycles. The van der Waals surface area contributed by atoms with Crippen LogP contribution in [0.25, 0.3) is 0 Å². The minimum Gasteiger partial charge on any atom is -0.270 e. The number of urea groups is 1. The van der Waals surface area contributed by atoms with Crippen molar-refractivity contribution in [3.05, 3.63) is 40.5 Å². The number of allylic oxidation sites excluding steroid dienone is 1. The molecular weight excluding hydrogens is 268 g/mol. The molecule has 2 aliphatic rings. The fraction of sp³-hybridized carbons (Fsp3) is 0.250. The minimum atomic E-state index is -0.241. The van der Waals surface area contributed by atoms with Crippen LogP contribution in [0.5, 0.6) is 0 Å². The van der Waals surface area contributed by atoms with E-state index < -0.39 is 0 Å². The summed E-state index contributed by atoms with van der Waals surface area (Å²) in [6, 6.07) is 7.86. The predicted molar refractivity (Wildman–Crippen MR) is 66.0 cm³/mol. The van der Waals surface area contributed by atoms with Gasteiger partial charge in [0.1, 0.15) is 5.66 Å². The molecule has 3 rings (SSSR count). The van der Waals surface area contributed by atoms with E-state index in [9.17, 15) is 4.79 Å². The Hall–Kier alpha value is -1.29. The number of rotatable bonds is 1. The summed E-state index contributed by atoms with van der Waals surface area (Å²) >= 11 is 3.39. The summed E-state index contributed by atoms with van der Waals surface area (Å²) in [6.07, 6.45) is 2.11. The highest BCUT2D eigenvalue weighted by molar-refractivity contribution is 9.10. The normalized spacial score (nSPS) is 26.9. The molecule has 1 aromatic carbocycles. The molecule has 1 aromatic rings. The van der Waals surface area contributed by atoms with Gasteiger partial charge in [0.15, 0.2) is 0 Å². The number of carbonyl (C=O) groups excluding carboxylic acids is 1. The van der Waals surface area contributed by atoms with E-state index in [1.807, 2.05) is 47.9 Å². The smallest absolute Gasteiger partial charge is 0.270 e. The Morgan fingerprint density at radius 3 is 2.31 bits per heavy atom. The molecule has 1 unspecified atom stereocenters. The molecule has 2 amide bonds. The van der Waals surface area contributed by atoms with Crippen molar-refractivity contribution in [2.45, 2.75) is 19.5 Å². The van der Waals surface area contributed by atoms with E-state index in [4.69, 9.17) is 0 Å². The summed E-state index contributed by atoms with van der Waals surface area (Å²) in [5, 5.41) is 0. The maximum Gasteiger partial charge on any atom is 0.333 e. The van der Waals surface area contributed by atoms with Crippen LogP contribution in [0.3, 0.4) is 0 Å². The molecular formula is C12H11BrN2O. The van der Waals surface area contributed by atoms with Gasteiger partial charge in [0.05, 0.1) is 0 Å². The standard InChI is InChI=1S/C12H11BrN2O/c1-8-7-12(2)14(8)11(16)15(12)10-5-3-9(13)4-6-10/h3-7H,1-2H3. The summed E-state index contributed by atoms with van der Waals surface area (Å²) in [5.74, 6) is 0. The fourth-order valence-corrected chi connectivity index (χ4v) is 2.80. The first-order valence-electron chi connectivity index (χ1n) is 5.13. The van der Waals surface area contributed by atoms with E-state index in [1.165, 1.54) is 0 Å². The van der Waals surface area contributed by atoms with Crippen molar-refractivity contribution in [1.29, 1.82) is 0 Å². The number of carbonyl (C=O) groups is 1. The van der Waals surface area contributed by atoms with Gasteiger partial charge in [-0.25, -0.2) is 4.79 Å². The lowest BCUT2D eigenvalue weighted by Crippen LogP contribution is -2.79. The molecule has 3 nitrogen and oxygen atoms in total. The number of amides is 2. The lowest BCUT2D eigenvalue weighted by molar-refractivity contribution is 0.0987. The highest BCUT2D eigenvalue weighted by atomic mass is 79.9. The van der Waals surface area contributed by atoms with E-state index in [1.54, 1.807) is 0 Å². The fourth-order valence-electron chi connectivity index (χ4n) is 2.54. The van der Waals surface area contributed by atoms with Gasteiger partial charge in [-0.15, -0.1) is 0 Å². The highest BCUT2D eigenvalue weighted by Crippen LogP contribution is 2.48. The highest BCUT2D eigenvalue weighted by Gasteiger charge is 2.60. The molecule has 0 saturated carbocycles. The molecule has 0 spiro atoms. The summed E-state index contributed by atoms with van der Waals surface area (Å²) in [7, 11) is 0. The first-order valence-corrected chi connectivity index (χ1v) is 5.93. The van der Waals surface area contributed by atoms with Gasteiger partial charge in [-0.05, 0) is 44.2 Å². The van der Waals surface area contributed by atoms with Crippen LogP contribution in [-0.4, -0.2) is 16.6 Å². The Labute approximate surface area is 102 Å². The molecule has 1 saturated heterocycles. The van der Waals surface area contributed by atoms with Gasteiger partial charge >= 0.3 is 6.03 Å². The van der Waals surface area contributed by atoms with E-state index in [0.29, 0.717) is 0 Å². The van der Waals surface area contributed by atoms with E-state index in [0.717, 1.165) is 15.9 Å². The first-order chi connectivity index (χ1) is 7.54. The van der Waals surface area contributed by atoms with Crippen molar-refractivity contribution in [2.75, 3.05) is 4.90 Å². The van der Waals surface area contributed by atoms with Crippen LogP contribution in [0.2, 0.25) is 0 Å². The average molecular weight is 279 g/mol. The molecule has 16 heavy (non-hydrogen) atoms. The molecule has 2 aliphatic heterocycles. The quantitative estimate of drug-likeness (QED) is 0.773. The van der Waals surface area contributed by atoms with Gasteiger partial charge < -0.3 is 0 Å². The molecule has 1 fully saturated rings. The minimum absolute atomic E-state index is 0.0600. The zero-order valence-electron chi connectivity index (χ0n) is 9.07. The third kappa shape index (κ3) is 1.00. The molecule has 0 bridgehead atoms. The lowest BCUT2D eigenvalue weighted by Gasteiger charge is -2.63. The van der Waals surface area contributed by atoms with Crippen molar-refractivity contribution in [1.82, 2.24) is 4.90 Å². The number of benzene rings is 1. The van der Waals surface area contributed by atoms with Crippen molar-refractivity contribution < 1.29 is 4.79 Å². The summed E-state index contributed by atoms with van der Waals surface area (Å²) < 4.78 is 1.02. The monoisotopic (exact) mass is 278 g/mol. The Bertz CT molecular complexity index is 508. The Balaban J connectivity index is 1.99. The molecule has 1 atom stereocenters. The largest absolute Gasteiger partial charge is 0.333 e. The van der Waals surface area contributed by atoms with Gasteiger partial charge in [0.25, 0.3) is 0 Å². The van der Waals surface area contributed by atoms with Crippen LogP contribution in [0.4, 0.5) is 10.5 Å². The second kappa shape index (κ2) is 2.88. The van der Waals surface area contributed by atoms with E-state index in [-0.39, 0.29) is 11.7 Å². The molecule has 0 N–H and O–H groups in total. The number of anilines is 1. The van der Waals surface area contributed by atoms with Gasteiger partial charge in [-0.3, -0.25) is 9.80 Å². The topological polar surface area (TPSA) is 23.6 Å². The Morgan fingerprint density at radius 1 is 1.19 bits per heavy atom. The lowest BCUT2D eigenvalue weighted by atomic mass is 9.91. The molecule has 0 radical (unpaired) electrons. The van der Waals surface area contributed by atoms with Crippen molar-refractivity contribution in [3.8, 4) is 0 Å². The zero-order valence-corrected chi connectivity index (χ0v) is 10.7. The van der Waals surface area contributed by atoms with Crippen LogP contribution in [0.1, 0.15) is 13.8 Å². The van der Waals surface area contributed by atoms with Crippen LogP contribution in [-0.2, 0) is 0 Å². The number of hydrogen-bond acceptors (Lipinski definition) is 1. The predicted octanol–water partition coefficient (Wildman–Crippen LogP) is 3.32. The maximum atomic E-state index is 11.9. The van der Waals surface area contributed by atoms with Crippen molar-refractivity contribution in [2.24, 2.45) is 0 Å². The average Bonchev–Trinajstić information content (AvgIpc) is 2.20. The van der Waals surface area contributed by atoms with Crippen molar-refractivity contribution in [3.63, 3.8) is 0 Å². The molecule has 0 aliphatic carbocycles.